The molecule has 0 saturated carbocycles. The highest BCUT2D eigenvalue weighted by Gasteiger charge is 2.37. The Morgan fingerprint density at radius 1 is 1.00 bits per heavy atom. The molecule has 1 fully saturated rings. The monoisotopic (exact) mass is 345 g/mol. The van der Waals surface area contributed by atoms with Crippen molar-refractivity contribution in [1.82, 2.24) is 4.31 Å². The highest BCUT2D eigenvalue weighted by molar-refractivity contribution is 7.89. The van der Waals surface area contributed by atoms with E-state index in [9.17, 15) is 8.42 Å². The molecule has 0 aliphatic carbocycles. The fourth-order valence-corrected chi connectivity index (χ4v) is 4.26. The van der Waals surface area contributed by atoms with E-state index in [4.69, 9.17) is 4.74 Å². The fourth-order valence-electron chi connectivity index (χ4n) is 2.76. The quantitative estimate of drug-likeness (QED) is 0.774. The van der Waals surface area contributed by atoms with Crippen LogP contribution in [0, 0.1) is 0 Å². The van der Waals surface area contributed by atoms with E-state index in [2.05, 4.69) is 6.92 Å². The predicted octanol–water partition coefficient (Wildman–Crippen LogP) is 3.23. The maximum atomic E-state index is 12.6. The molecule has 128 valence electrons. The first-order valence-corrected chi connectivity index (χ1v) is 9.78. The molecule has 2 aromatic rings. The second-order valence-electron chi connectivity index (χ2n) is 6.13. The SMILES string of the molecule is CCCc1ccc(S(=O)(=O)N2CC(OCc3ccccc3)C2)cc1. The molecule has 0 unspecified atom stereocenters. The molecule has 2 aromatic carbocycles. The first-order chi connectivity index (χ1) is 11.6. The number of benzene rings is 2. The third-order valence-corrected chi connectivity index (χ3v) is 6.09. The van der Waals surface area contributed by atoms with E-state index in [1.165, 1.54) is 9.87 Å². The molecule has 0 atom stereocenters. The molecule has 0 bridgehead atoms. The number of sulfonamides is 1. The number of aryl methyl sites for hydroxylation is 1. The maximum Gasteiger partial charge on any atom is 0.243 e. The zero-order valence-electron chi connectivity index (χ0n) is 13.9. The van der Waals surface area contributed by atoms with Crippen LogP contribution >= 0.6 is 0 Å². The summed E-state index contributed by atoms with van der Waals surface area (Å²) in [5.41, 5.74) is 2.27. The smallest absolute Gasteiger partial charge is 0.243 e. The summed E-state index contributed by atoms with van der Waals surface area (Å²) in [4.78, 5) is 0.365. The van der Waals surface area contributed by atoms with Gasteiger partial charge in [-0.25, -0.2) is 8.42 Å². The lowest BCUT2D eigenvalue weighted by Crippen LogP contribution is -2.54. The van der Waals surface area contributed by atoms with E-state index in [0.717, 1.165) is 18.4 Å². The number of hydrogen-bond donors (Lipinski definition) is 0. The van der Waals surface area contributed by atoms with Crippen LogP contribution in [0.25, 0.3) is 0 Å². The first kappa shape index (κ1) is 17.1. The lowest BCUT2D eigenvalue weighted by molar-refractivity contribution is -0.0295. The van der Waals surface area contributed by atoms with Crippen LogP contribution in [-0.2, 0) is 27.8 Å². The molecule has 0 spiro atoms. The van der Waals surface area contributed by atoms with Crippen LogP contribution in [0.3, 0.4) is 0 Å². The Balaban J connectivity index is 1.54. The van der Waals surface area contributed by atoms with Crippen LogP contribution in [-0.4, -0.2) is 31.9 Å². The van der Waals surface area contributed by atoms with Gasteiger partial charge in [-0.05, 0) is 29.7 Å². The van der Waals surface area contributed by atoms with Crippen molar-refractivity contribution in [1.29, 1.82) is 0 Å². The fraction of sp³-hybridized carbons (Fsp3) is 0.368. The Bertz CT molecular complexity index is 751. The molecular weight excluding hydrogens is 322 g/mol. The normalized spacial score (nSPS) is 16.0. The second-order valence-corrected chi connectivity index (χ2v) is 8.07. The van der Waals surface area contributed by atoms with Crippen LogP contribution < -0.4 is 0 Å². The third kappa shape index (κ3) is 3.86. The van der Waals surface area contributed by atoms with Crippen LogP contribution in [0.2, 0.25) is 0 Å². The Labute approximate surface area is 144 Å². The van der Waals surface area contributed by atoms with Crippen LogP contribution in [0.1, 0.15) is 24.5 Å². The van der Waals surface area contributed by atoms with E-state index in [0.29, 0.717) is 24.6 Å². The minimum absolute atomic E-state index is 0.0284. The third-order valence-electron chi connectivity index (χ3n) is 4.24. The Kier molecular flexibility index (Phi) is 5.33. The highest BCUT2D eigenvalue weighted by atomic mass is 32.2. The van der Waals surface area contributed by atoms with Crippen molar-refractivity contribution in [3.05, 3.63) is 65.7 Å². The molecule has 0 N–H and O–H groups in total. The lowest BCUT2D eigenvalue weighted by atomic mass is 10.1. The Hall–Kier alpha value is -1.69. The standard InChI is InChI=1S/C19H23NO3S/c1-2-6-16-9-11-19(12-10-16)24(21,22)20-13-18(14-20)23-15-17-7-4-3-5-8-17/h3-5,7-12,18H,2,6,13-15H2,1H3. The lowest BCUT2D eigenvalue weighted by Gasteiger charge is -2.37. The molecule has 0 aromatic heterocycles. The summed E-state index contributed by atoms with van der Waals surface area (Å²) in [6.07, 6.45) is 2.00. The van der Waals surface area contributed by atoms with Crippen LogP contribution in [0.15, 0.2) is 59.5 Å². The first-order valence-electron chi connectivity index (χ1n) is 8.34. The van der Waals surface area contributed by atoms with Gasteiger partial charge in [0.05, 0.1) is 17.6 Å². The van der Waals surface area contributed by atoms with Crippen LogP contribution in [0.5, 0.6) is 0 Å². The molecule has 4 nitrogen and oxygen atoms in total. The van der Waals surface area contributed by atoms with E-state index >= 15 is 0 Å². The average Bonchev–Trinajstić information content (AvgIpc) is 2.55. The molecule has 0 radical (unpaired) electrons. The summed E-state index contributed by atoms with van der Waals surface area (Å²) < 4.78 is 32.4. The molecule has 24 heavy (non-hydrogen) atoms. The maximum absolute atomic E-state index is 12.6. The minimum Gasteiger partial charge on any atom is -0.371 e. The van der Waals surface area contributed by atoms with E-state index in [1.54, 1.807) is 12.1 Å². The zero-order chi connectivity index (χ0) is 17.0. The van der Waals surface area contributed by atoms with Gasteiger partial charge in [-0.3, -0.25) is 0 Å². The van der Waals surface area contributed by atoms with Gasteiger partial charge in [0, 0.05) is 13.1 Å². The molecule has 1 aliphatic rings. The summed E-state index contributed by atoms with van der Waals surface area (Å²) in [6.45, 7) is 3.48. The van der Waals surface area contributed by atoms with Crippen molar-refractivity contribution in [3.63, 3.8) is 0 Å². The average molecular weight is 345 g/mol. The van der Waals surface area contributed by atoms with Crippen molar-refractivity contribution in [2.75, 3.05) is 13.1 Å². The van der Waals surface area contributed by atoms with Gasteiger partial charge in [-0.2, -0.15) is 4.31 Å². The van der Waals surface area contributed by atoms with Gasteiger partial charge in [-0.1, -0.05) is 55.8 Å². The molecule has 1 saturated heterocycles. The van der Waals surface area contributed by atoms with Crippen molar-refractivity contribution >= 4 is 10.0 Å². The van der Waals surface area contributed by atoms with Gasteiger partial charge < -0.3 is 4.74 Å². The van der Waals surface area contributed by atoms with Crippen molar-refractivity contribution in [3.8, 4) is 0 Å². The van der Waals surface area contributed by atoms with Crippen molar-refractivity contribution in [2.24, 2.45) is 0 Å². The molecule has 1 heterocycles. The van der Waals surface area contributed by atoms with Crippen molar-refractivity contribution in [2.45, 2.75) is 37.4 Å². The van der Waals surface area contributed by atoms with Gasteiger partial charge in [0.15, 0.2) is 0 Å². The summed E-state index contributed by atoms with van der Waals surface area (Å²) >= 11 is 0. The van der Waals surface area contributed by atoms with Crippen molar-refractivity contribution < 1.29 is 13.2 Å². The zero-order valence-corrected chi connectivity index (χ0v) is 14.7. The van der Waals surface area contributed by atoms with E-state index in [1.807, 2.05) is 42.5 Å². The number of ether oxygens (including phenoxy) is 1. The van der Waals surface area contributed by atoms with E-state index in [-0.39, 0.29) is 6.10 Å². The molecule has 1 aliphatic heterocycles. The summed E-state index contributed by atoms with van der Waals surface area (Å²) in [7, 11) is -3.40. The van der Waals surface area contributed by atoms with Gasteiger partial charge in [0.1, 0.15) is 0 Å². The van der Waals surface area contributed by atoms with Gasteiger partial charge >= 0.3 is 0 Å². The van der Waals surface area contributed by atoms with Gasteiger partial charge in [-0.15, -0.1) is 0 Å². The largest absolute Gasteiger partial charge is 0.371 e. The summed E-state index contributed by atoms with van der Waals surface area (Å²) in [5.74, 6) is 0. The number of hydrogen-bond acceptors (Lipinski definition) is 3. The van der Waals surface area contributed by atoms with Crippen LogP contribution in [0.4, 0.5) is 0 Å². The summed E-state index contributed by atoms with van der Waals surface area (Å²) in [6, 6.07) is 17.1. The van der Waals surface area contributed by atoms with Gasteiger partial charge in [0.2, 0.25) is 10.0 Å². The predicted molar refractivity (Wildman–Crippen MR) is 94.2 cm³/mol. The Morgan fingerprint density at radius 3 is 2.29 bits per heavy atom. The number of rotatable bonds is 7. The Morgan fingerprint density at radius 2 is 1.67 bits per heavy atom. The van der Waals surface area contributed by atoms with Gasteiger partial charge in [0.25, 0.3) is 0 Å². The summed E-state index contributed by atoms with van der Waals surface area (Å²) in [5, 5.41) is 0. The molecule has 5 heteroatoms. The topological polar surface area (TPSA) is 46.6 Å². The molecule has 3 rings (SSSR count). The second kappa shape index (κ2) is 7.47. The molecular formula is C19H23NO3S. The highest BCUT2D eigenvalue weighted by Crippen LogP contribution is 2.24. The number of nitrogens with zero attached hydrogens (tertiary/aromatic N) is 1. The minimum atomic E-state index is -3.40. The molecule has 0 amide bonds. The van der Waals surface area contributed by atoms with E-state index < -0.39 is 10.0 Å².